The van der Waals surface area contributed by atoms with Gasteiger partial charge in [0.15, 0.2) is 0 Å². The molecule has 1 aromatic carbocycles. The first-order valence-electron chi connectivity index (χ1n) is 12.6. The number of primary amides is 1. The summed E-state index contributed by atoms with van der Waals surface area (Å²) in [6, 6.07) is 4.43. The lowest BCUT2D eigenvalue weighted by Gasteiger charge is -2.29. The van der Waals surface area contributed by atoms with E-state index in [2.05, 4.69) is 19.9 Å². The molecule has 2 saturated carbocycles. The molecule has 2 heterocycles. The molecular formula is C25H33N4O9P. The summed E-state index contributed by atoms with van der Waals surface area (Å²) in [5.74, 6) is -0.260. The monoisotopic (exact) mass is 564 g/mol. The molecule has 39 heavy (non-hydrogen) atoms. The van der Waals surface area contributed by atoms with E-state index in [4.69, 9.17) is 15.5 Å². The minimum absolute atomic E-state index is 0.0119. The summed E-state index contributed by atoms with van der Waals surface area (Å²) in [5, 5.41) is 5.51. The third-order valence-electron chi connectivity index (χ3n) is 7.20. The molecule has 6 N–H and O–H groups in total. The summed E-state index contributed by atoms with van der Waals surface area (Å²) >= 11 is 0. The standard InChI is InChI=1S/C25H33N4O9P/c1-12(2)10-16(28-17(30)11-13(3)14-4-6-15(7-5-14)38-39(34,35)36)24(32)29-21-18-19(21)20(18)22(29)23(31)27-8-9-37-25(26)33/h4-7,11-12,16,18-22H,8-10H2,1-3H3,(H2,26,33)(H,27,31)(H,28,30)(H2,34,35,36)/b13-11+/t16-,18-,19?,20?,21?,22-/m0/s1. The van der Waals surface area contributed by atoms with Gasteiger partial charge in [-0.15, -0.1) is 0 Å². The van der Waals surface area contributed by atoms with E-state index in [0.29, 0.717) is 29.4 Å². The van der Waals surface area contributed by atoms with E-state index in [1.807, 2.05) is 13.8 Å². The van der Waals surface area contributed by atoms with Crippen molar-refractivity contribution in [2.45, 2.75) is 45.3 Å². The first-order valence-corrected chi connectivity index (χ1v) is 14.2. The zero-order valence-electron chi connectivity index (χ0n) is 21.8. The van der Waals surface area contributed by atoms with Crippen LogP contribution in [0, 0.1) is 23.7 Å². The molecular weight excluding hydrogens is 531 g/mol. The Balaban J connectivity index is 1.40. The van der Waals surface area contributed by atoms with Gasteiger partial charge in [0, 0.05) is 12.1 Å². The van der Waals surface area contributed by atoms with Crippen molar-refractivity contribution in [3.63, 3.8) is 0 Å². The molecule has 0 spiro atoms. The quantitative estimate of drug-likeness (QED) is 0.138. The Morgan fingerprint density at radius 3 is 2.33 bits per heavy atom. The first kappa shape index (κ1) is 28.6. The summed E-state index contributed by atoms with van der Waals surface area (Å²) < 4.78 is 20.2. The summed E-state index contributed by atoms with van der Waals surface area (Å²) in [6.45, 7) is 5.58. The molecule has 2 bridgehead atoms. The van der Waals surface area contributed by atoms with E-state index in [0.717, 1.165) is 0 Å². The van der Waals surface area contributed by atoms with Crippen molar-refractivity contribution in [2.75, 3.05) is 13.2 Å². The number of nitrogens with zero attached hydrogens (tertiary/aromatic N) is 1. The lowest BCUT2D eigenvalue weighted by atomic mass is 10.0. The van der Waals surface area contributed by atoms with Crippen molar-refractivity contribution >= 4 is 37.2 Å². The topological polar surface area (TPSA) is 198 Å². The first-order chi connectivity index (χ1) is 18.3. The van der Waals surface area contributed by atoms with Crippen molar-refractivity contribution < 1.29 is 42.8 Å². The van der Waals surface area contributed by atoms with Gasteiger partial charge in [-0.3, -0.25) is 24.2 Å². The van der Waals surface area contributed by atoms with Crippen LogP contribution in [0.2, 0.25) is 0 Å². The van der Waals surface area contributed by atoms with Gasteiger partial charge in [-0.25, -0.2) is 9.36 Å². The highest BCUT2D eigenvalue weighted by Crippen LogP contribution is 2.78. The number of hydrogen-bond acceptors (Lipinski definition) is 7. The second-order valence-electron chi connectivity index (χ2n) is 10.5. The summed E-state index contributed by atoms with van der Waals surface area (Å²) in [7, 11) is -4.68. The minimum atomic E-state index is -4.68. The molecule has 2 saturated heterocycles. The molecule has 0 aromatic heterocycles. The molecule has 1 aromatic rings. The predicted molar refractivity (Wildman–Crippen MR) is 138 cm³/mol. The number of carbonyl (C=O) groups is 4. The smallest absolute Gasteiger partial charge is 0.448 e. The van der Waals surface area contributed by atoms with Gasteiger partial charge in [-0.05, 0) is 60.3 Å². The Bertz CT molecular complexity index is 1220. The third-order valence-corrected chi connectivity index (χ3v) is 7.65. The fourth-order valence-corrected chi connectivity index (χ4v) is 5.89. The van der Waals surface area contributed by atoms with Gasteiger partial charge >= 0.3 is 13.9 Å². The predicted octanol–water partition coefficient (Wildman–Crippen LogP) is 0.759. The molecule has 3 unspecified atom stereocenters. The van der Waals surface area contributed by atoms with E-state index in [-0.39, 0.29) is 48.6 Å². The number of piperidine rings is 1. The van der Waals surface area contributed by atoms with E-state index >= 15 is 0 Å². The number of phosphoric acid groups is 1. The molecule has 13 nitrogen and oxygen atoms in total. The summed E-state index contributed by atoms with van der Waals surface area (Å²) in [4.78, 5) is 69.7. The van der Waals surface area contributed by atoms with Crippen LogP contribution in [-0.2, 0) is 23.7 Å². The third kappa shape index (κ3) is 6.60. The van der Waals surface area contributed by atoms with Crippen LogP contribution < -0.4 is 20.9 Å². The zero-order valence-corrected chi connectivity index (χ0v) is 22.7. The summed E-state index contributed by atoms with van der Waals surface area (Å²) in [6.07, 6.45) is 0.795. The Kier molecular flexibility index (Phi) is 8.06. The van der Waals surface area contributed by atoms with Gasteiger partial charge in [-0.2, -0.15) is 0 Å². The molecule has 4 aliphatic rings. The minimum Gasteiger partial charge on any atom is -0.448 e. The highest BCUT2D eigenvalue weighted by molar-refractivity contribution is 7.46. The van der Waals surface area contributed by atoms with Crippen LogP contribution in [0.15, 0.2) is 30.3 Å². The van der Waals surface area contributed by atoms with E-state index < -0.39 is 31.9 Å². The number of fused-ring (bicyclic) bond motifs is 1. The van der Waals surface area contributed by atoms with Crippen LogP contribution in [0.4, 0.5) is 4.79 Å². The molecule has 212 valence electrons. The van der Waals surface area contributed by atoms with E-state index in [1.165, 1.54) is 18.2 Å². The fourth-order valence-electron chi connectivity index (χ4n) is 5.50. The number of nitrogens with one attached hydrogen (secondary N) is 2. The SMILES string of the molecule is C/C(=C\C(=O)N[C@@H](CC(C)C)C(=O)N1C2C3C([C@H]32)[C@H]1C(=O)NCCOC(N)=O)c1ccc(OP(=O)(O)O)cc1. The highest BCUT2D eigenvalue weighted by atomic mass is 31.2. The molecule has 5 rings (SSSR count). The van der Waals surface area contributed by atoms with Crippen LogP contribution in [-0.4, -0.2) is 69.8 Å². The number of ether oxygens (including phenoxy) is 1. The molecule has 14 heteroatoms. The number of nitrogens with two attached hydrogens (primary N) is 1. The number of hydrogen-bond donors (Lipinski definition) is 5. The van der Waals surface area contributed by atoms with Crippen LogP contribution in [0.5, 0.6) is 5.75 Å². The Labute approximate surface area is 225 Å². The van der Waals surface area contributed by atoms with Crippen molar-refractivity contribution in [1.29, 1.82) is 0 Å². The highest BCUT2D eigenvalue weighted by Gasteiger charge is 2.86. The number of benzene rings is 1. The van der Waals surface area contributed by atoms with E-state index in [1.54, 1.807) is 24.0 Å². The lowest BCUT2D eigenvalue weighted by Crippen LogP contribution is -2.54. The average Bonchev–Trinajstić information content (AvgIpc) is 3.66. The molecule has 6 atom stereocenters. The van der Waals surface area contributed by atoms with Gasteiger partial charge in [0.1, 0.15) is 24.4 Å². The Hall–Kier alpha value is -3.41. The molecule has 2 aliphatic heterocycles. The fraction of sp³-hybridized carbons (Fsp3) is 0.520. The number of carbonyl (C=O) groups excluding carboxylic acids is 4. The van der Waals surface area contributed by atoms with Crippen molar-refractivity contribution in [3.8, 4) is 5.75 Å². The normalized spacial score (nSPS) is 25.4. The zero-order chi connectivity index (χ0) is 28.6. The number of phosphoric ester groups is 1. The van der Waals surface area contributed by atoms with Gasteiger partial charge in [0.25, 0.3) is 0 Å². The summed E-state index contributed by atoms with van der Waals surface area (Å²) in [5.41, 5.74) is 6.12. The largest absolute Gasteiger partial charge is 0.524 e. The number of rotatable bonds is 12. The maximum Gasteiger partial charge on any atom is 0.524 e. The van der Waals surface area contributed by atoms with Crippen LogP contribution >= 0.6 is 7.82 Å². The molecule has 4 fully saturated rings. The van der Waals surface area contributed by atoms with Gasteiger partial charge in [0.2, 0.25) is 17.7 Å². The molecule has 2 aliphatic carbocycles. The van der Waals surface area contributed by atoms with Gasteiger partial charge in [-0.1, -0.05) is 26.0 Å². The van der Waals surface area contributed by atoms with Gasteiger partial charge in [0.05, 0.1) is 6.54 Å². The molecule has 0 radical (unpaired) electrons. The second kappa shape index (κ2) is 11.0. The van der Waals surface area contributed by atoms with Crippen molar-refractivity contribution in [1.82, 2.24) is 15.5 Å². The van der Waals surface area contributed by atoms with Crippen LogP contribution in [0.3, 0.4) is 0 Å². The Morgan fingerprint density at radius 1 is 1.13 bits per heavy atom. The molecule has 4 amide bonds. The number of amides is 4. The van der Waals surface area contributed by atoms with Crippen LogP contribution in [0.25, 0.3) is 5.57 Å². The average molecular weight is 565 g/mol. The van der Waals surface area contributed by atoms with Crippen molar-refractivity contribution in [2.24, 2.45) is 29.4 Å². The Morgan fingerprint density at radius 2 is 1.77 bits per heavy atom. The maximum atomic E-state index is 13.7. The number of allylic oxidation sites excluding steroid dienone is 1. The maximum absolute atomic E-state index is 13.7. The second-order valence-corrected chi connectivity index (χ2v) is 11.7. The van der Waals surface area contributed by atoms with Gasteiger partial charge < -0.3 is 30.5 Å². The lowest BCUT2D eigenvalue weighted by molar-refractivity contribution is -0.141. The van der Waals surface area contributed by atoms with E-state index in [9.17, 15) is 23.7 Å². The van der Waals surface area contributed by atoms with Crippen molar-refractivity contribution in [3.05, 3.63) is 35.9 Å². The van der Waals surface area contributed by atoms with Crippen LogP contribution in [0.1, 0.15) is 32.8 Å².